The molecule has 1 fully saturated rings. The third kappa shape index (κ3) is 4.67. The van der Waals surface area contributed by atoms with Crippen LogP contribution in [-0.4, -0.2) is 66.6 Å². The second kappa shape index (κ2) is 9.56. The van der Waals surface area contributed by atoms with Gasteiger partial charge in [0.25, 0.3) is 5.89 Å². The van der Waals surface area contributed by atoms with E-state index in [0.717, 1.165) is 78.4 Å². The molecule has 1 aliphatic rings. The van der Waals surface area contributed by atoms with Gasteiger partial charge in [-0.2, -0.15) is 0 Å². The van der Waals surface area contributed by atoms with Crippen LogP contribution in [0, 0.1) is 6.92 Å². The molecule has 33 heavy (non-hydrogen) atoms. The Morgan fingerprint density at radius 1 is 1.03 bits per heavy atom. The van der Waals surface area contributed by atoms with Crippen molar-refractivity contribution in [2.24, 2.45) is 0 Å². The van der Waals surface area contributed by atoms with E-state index >= 15 is 0 Å². The van der Waals surface area contributed by atoms with Crippen LogP contribution >= 0.6 is 0 Å². The Bertz CT molecular complexity index is 1230. The Morgan fingerprint density at radius 3 is 2.55 bits per heavy atom. The van der Waals surface area contributed by atoms with Gasteiger partial charge in [0.15, 0.2) is 0 Å². The fraction of sp³-hybridized carbons (Fsp3) is 0.320. The lowest BCUT2D eigenvalue weighted by atomic mass is 10.0. The molecule has 0 bridgehead atoms. The quantitative estimate of drug-likeness (QED) is 0.457. The van der Waals surface area contributed by atoms with Gasteiger partial charge in [-0.3, -0.25) is 9.88 Å². The number of nitrogens with one attached hydrogen (secondary N) is 1. The average Bonchev–Trinajstić information content (AvgIpc) is 3.30. The normalized spacial score (nSPS) is 14.5. The molecule has 0 aliphatic carbocycles. The number of aromatic nitrogens is 3. The SMILES string of the molecule is COc1ccc(-c2ccc3ncc(-c4nnc(C)o4)c(NCCN4CCOCC4)c3c2)cc1. The van der Waals surface area contributed by atoms with Gasteiger partial charge >= 0.3 is 0 Å². The monoisotopic (exact) mass is 445 g/mol. The molecular formula is C25H27N5O3. The summed E-state index contributed by atoms with van der Waals surface area (Å²) in [6.07, 6.45) is 1.80. The van der Waals surface area contributed by atoms with Crippen molar-refractivity contribution >= 4 is 16.6 Å². The highest BCUT2D eigenvalue weighted by Crippen LogP contribution is 2.35. The zero-order valence-corrected chi connectivity index (χ0v) is 18.9. The van der Waals surface area contributed by atoms with Gasteiger partial charge in [0.1, 0.15) is 5.75 Å². The first kappa shape index (κ1) is 21.4. The zero-order valence-electron chi connectivity index (χ0n) is 18.9. The molecule has 5 rings (SSSR count). The highest BCUT2D eigenvalue weighted by molar-refractivity contribution is 6.00. The predicted molar refractivity (Wildman–Crippen MR) is 128 cm³/mol. The van der Waals surface area contributed by atoms with Gasteiger partial charge in [-0.15, -0.1) is 10.2 Å². The number of pyridine rings is 1. The number of rotatable bonds is 7. The van der Waals surface area contributed by atoms with Crippen molar-refractivity contribution < 1.29 is 13.9 Å². The molecular weight excluding hydrogens is 418 g/mol. The number of nitrogens with zero attached hydrogens (tertiary/aromatic N) is 4. The fourth-order valence-electron chi connectivity index (χ4n) is 4.08. The maximum absolute atomic E-state index is 5.75. The van der Waals surface area contributed by atoms with Gasteiger partial charge in [-0.05, 0) is 35.4 Å². The molecule has 0 radical (unpaired) electrons. The minimum absolute atomic E-state index is 0.464. The molecule has 170 valence electrons. The van der Waals surface area contributed by atoms with Crippen molar-refractivity contribution in [3.05, 3.63) is 54.6 Å². The summed E-state index contributed by atoms with van der Waals surface area (Å²) in [6.45, 7) is 6.98. The minimum atomic E-state index is 0.464. The summed E-state index contributed by atoms with van der Waals surface area (Å²) in [6, 6.07) is 14.4. The summed E-state index contributed by atoms with van der Waals surface area (Å²) in [7, 11) is 1.67. The Hall–Kier alpha value is -3.49. The second-order valence-electron chi connectivity index (χ2n) is 8.01. The van der Waals surface area contributed by atoms with Crippen molar-refractivity contribution in [3.63, 3.8) is 0 Å². The molecule has 0 saturated carbocycles. The Kier molecular flexibility index (Phi) is 6.19. The summed E-state index contributed by atoms with van der Waals surface area (Å²) in [5.74, 6) is 1.82. The number of aryl methyl sites for hydroxylation is 1. The number of benzene rings is 2. The topological polar surface area (TPSA) is 85.5 Å². The van der Waals surface area contributed by atoms with E-state index in [9.17, 15) is 0 Å². The van der Waals surface area contributed by atoms with E-state index < -0.39 is 0 Å². The molecule has 3 heterocycles. The maximum Gasteiger partial charge on any atom is 0.251 e. The number of ether oxygens (including phenoxy) is 2. The smallest absolute Gasteiger partial charge is 0.251 e. The minimum Gasteiger partial charge on any atom is -0.497 e. The molecule has 1 aliphatic heterocycles. The van der Waals surface area contributed by atoms with Crippen molar-refractivity contribution in [1.82, 2.24) is 20.1 Å². The van der Waals surface area contributed by atoms with Gasteiger partial charge in [-0.1, -0.05) is 18.2 Å². The van der Waals surface area contributed by atoms with Crippen LogP contribution in [0.25, 0.3) is 33.5 Å². The van der Waals surface area contributed by atoms with Crippen LogP contribution in [0.2, 0.25) is 0 Å². The van der Waals surface area contributed by atoms with Gasteiger partial charge in [-0.25, -0.2) is 0 Å². The molecule has 8 nitrogen and oxygen atoms in total. The highest BCUT2D eigenvalue weighted by atomic mass is 16.5. The van der Waals surface area contributed by atoms with Crippen LogP contribution in [0.3, 0.4) is 0 Å². The summed E-state index contributed by atoms with van der Waals surface area (Å²) >= 11 is 0. The Balaban J connectivity index is 1.52. The third-order valence-corrected chi connectivity index (χ3v) is 5.88. The van der Waals surface area contributed by atoms with Crippen LogP contribution in [0.15, 0.2) is 53.1 Å². The van der Waals surface area contributed by atoms with Crippen LogP contribution in [0.1, 0.15) is 5.89 Å². The zero-order chi connectivity index (χ0) is 22.6. The lowest BCUT2D eigenvalue weighted by Crippen LogP contribution is -2.39. The molecule has 0 spiro atoms. The number of morpholine rings is 1. The Morgan fingerprint density at radius 2 is 1.82 bits per heavy atom. The maximum atomic E-state index is 5.75. The molecule has 2 aromatic heterocycles. The molecule has 8 heteroatoms. The fourth-order valence-corrected chi connectivity index (χ4v) is 4.08. The van der Waals surface area contributed by atoms with E-state index in [2.05, 4.69) is 49.7 Å². The number of anilines is 1. The molecule has 0 amide bonds. The number of fused-ring (bicyclic) bond motifs is 1. The third-order valence-electron chi connectivity index (χ3n) is 5.88. The van der Waals surface area contributed by atoms with E-state index in [1.807, 2.05) is 18.2 Å². The second-order valence-corrected chi connectivity index (χ2v) is 8.01. The molecule has 0 atom stereocenters. The predicted octanol–water partition coefficient (Wildman–Crippen LogP) is 4.01. The number of hydrogen-bond acceptors (Lipinski definition) is 8. The van der Waals surface area contributed by atoms with E-state index in [1.54, 1.807) is 20.2 Å². The van der Waals surface area contributed by atoms with Crippen LogP contribution in [0.4, 0.5) is 5.69 Å². The largest absolute Gasteiger partial charge is 0.497 e. The van der Waals surface area contributed by atoms with E-state index in [0.29, 0.717) is 11.8 Å². The number of hydrogen-bond donors (Lipinski definition) is 1. The summed E-state index contributed by atoms with van der Waals surface area (Å²) in [5, 5.41) is 12.9. The van der Waals surface area contributed by atoms with Gasteiger partial charge in [0.2, 0.25) is 5.89 Å². The summed E-state index contributed by atoms with van der Waals surface area (Å²) in [5.41, 5.74) is 4.86. The molecule has 2 aromatic carbocycles. The number of methoxy groups -OCH3 is 1. The van der Waals surface area contributed by atoms with E-state index in [-0.39, 0.29) is 0 Å². The lowest BCUT2D eigenvalue weighted by molar-refractivity contribution is 0.0398. The first-order chi connectivity index (χ1) is 16.2. The average molecular weight is 446 g/mol. The van der Waals surface area contributed by atoms with E-state index in [1.165, 1.54) is 0 Å². The van der Waals surface area contributed by atoms with Crippen molar-refractivity contribution in [3.8, 4) is 28.3 Å². The van der Waals surface area contributed by atoms with Crippen LogP contribution in [-0.2, 0) is 4.74 Å². The van der Waals surface area contributed by atoms with E-state index in [4.69, 9.17) is 13.9 Å². The first-order valence-corrected chi connectivity index (χ1v) is 11.1. The van der Waals surface area contributed by atoms with Gasteiger partial charge < -0.3 is 19.2 Å². The lowest BCUT2D eigenvalue weighted by Gasteiger charge is -2.27. The summed E-state index contributed by atoms with van der Waals surface area (Å²) in [4.78, 5) is 7.07. The Labute approximate surface area is 192 Å². The van der Waals surface area contributed by atoms with Crippen LogP contribution < -0.4 is 10.1 Å². The van der Waals surface area contributed by atoms with Crippen molar-refractivity contribution in [2.75, 3.05) is 51.8 Å². The van der Waals surface area contributed by atoms with Gasteiger partial charge in [0, 0.05) is 44.7 Å². The van der Waals surface area contributed by atoms with Crippen molar-refractivity contribution in [1.29, 1.82) is 0 Å². The molecule has 0 unspecified atom stereocenters. The van der Waals surface area contributed by atoms with Gasteiger partial charge in [0.05, 0.1) is 37.1 Å². The van der Waals surface area contributed by atoms with Crippen LogP contribution in [0.5, 0.6) is 5.75 Å². The standard InChI is InChI=1S/C25H27N5O3/c1-17-28-29-25(33-17)22-16-27-23-8-5-19(18-3-6-20(31-2)7-4-18)15-21(23)24(22)26-9-10-30-11-13-32-14-12-30/h3-8,15-16H,9-14H2,1-2H3,(H,26,27). The summed E-state index contributed by atoms with van der Waals surface area (Å²) < 4.78 is 16.5. The molecule has 1 N–H and O–H groups in total. The highest BCUT2D eigenvalue weighted by Gasteiger charge is 2.17. The molecule has 4 aromatic rings. The van der Waals surface area contributed by atoms with Crippen molar-refractivity contribution in [2.45, 2.75) is 6.92 Å². The molecule has 1 saturated heterocycles. The first-order valence-electron chi connectivity index (χ1n) is 11.1.